The number of carbonyl (C=O) groups is 6. The summed E-state index contributed by atoms with van der Waals surface area (Å²) in [5, 5.41) is 17.7. The van der Waals surface area contributed by atoms with Crippen molar-refractivity contribution in [2.24, 2.45) is 35.3 Å². The van der Waals surface area contributed by atoms with E-state index in [4.69, 9.17) is 29.9 Å². The molecule has 6 amide bonds. The average Bonchev–Trinajstić information content (AvgIpc) is 1.52. The number of rotatable bonds is 19. The molecule has 3 aliphatic carbocycles. The smallest absolute Gasteiger partial charge is 0.354 e. The molecule has 6 atom stereocenters. The van der Waals surface area contributed by atoms with Gasteiger partial charge in [-0.3, -0.25) is 40.2 Å². The molecule has 94 heavy (non-hydrogen) atoms. The number of urea groups is 3. The molecule has 0 aromatic carbocycles. The van der Waals surface area contributed by atoms with E-state index in [0.29, 0.717) is 90.2 Å². The van der Waals surface area contributed by atoms with Gasteiger partial charge in [-0.25, -0.2) is 49.1 Å². The maximum absolute atomic E-state index is 13.2. The van der Waals surface area contributed by atoms with Crippen molar-refractivity contribution in [3.05, 3.63) is 127 Å². The Hall–Kier alpha value is -9.24. The minimum absolute atomic E-state index is 0.00903. The van der Waals surface area contributed by atoms with Crippen LogP contribution >= 0.6 is 0 Å². The molecule has 494 valence electrons. The van der Waals surface area contributed by atoms with E-state index in [1.54, 1.807) is 115 Å². The number of carboxylic acid groups (broad SMARTS) is 1. The lowest BCUT2D eigenvalue weighted by atomic mass is 9.96. The fourth-order valence-electron chi connectivity index (χ4n) is 13.5. The molecule has 12 heterocycles. The lowest BCUT2D eigenvalue weighted by Crippen LogP contribution is -2.48. The van der Waals surface area contributed by atoms with Gasteiger partial charge in [-0.2, -0.15) is 0 Å². The molecule has 15 rings (SSSR count). The zero-order valence-electron chi connectivity index (χ0n) is 53.3. The summed E-state index contributed by atoms with van der Waals surface area (Å²) in [7, 11) is 5.06. The van der Waals surface area contributed by atoms with Gasteiger partial charge in [-0.05, 0) is 160 Å². The van der Waals surface area contributed by atoms with E-state index in [1.165, 1.54) is 18.9 Å². The molecule has 3 unspecified atom stereocenters. The fourth-order valence-corrected chi connectivity index (χ4v) is 13.5. The fraction of sp³-hybridized carbons (Fsp3) is 0.471. The number of nitrogens with two attached hydrogens (primary N) is 1. The zero-order valence-corrected chi connectivity index (χ0v) is 53.3. The molecule has 3 saturated carbocycles. The summed E-state index contributed by atoms with van der Waals surface area (Å²) >= 11 is 0. The Morgan fingerprint density at radius 3 is 1.12 bits per heavy atom. The number of Topliss-reactive ketones (excluding diaryl/α,β-unsaturated/α-hetero) is 2. The molecule has 0 radical (unpaired) electrons. The van der Waals surface area contributed by atoms with E-state index < -0.39 is 5.97 Å². The lowest BCUT2D eigenvalue weighted by molar-refractivity contribution is 0.0689. The van der Waals surface area contributed by atoms with Crippen molar-refractivity contribution in [3.63, 3.8) is 0 Å². The van der Waals surface area contributed by atoms with Crippen LogP contribution in [-0.4, -0.2) is 175 Å². The van der Waals surface area contributed by atoms with Gasteiger partial charge in [0, 0.05) is 111 Å². The monoisotopic (exact) mass is 1280 g/mol. The minimum Gasteiger partial charge on any atom is -0.477 e. The van der Waals surface area contributed by atoms with Gasteiger partial charge in [0.2, 0.25) is 0 Å². The maximum atomic E-state index is 13.2. The van der Waals surface area contributed by atoms with Crippen molar-refractivity contribution in [1.82, 2.24) is 29.9 Å². The minimum atomic E-state index is -1.11. The van der Waals surface area contributed by atoms with Gasteiger partial charge < -0.3 is 39.8 Å². The van der Waals surface area contributed by atoms with Crippen LogP contribution in [0.5, 0.6) is 0 Å². The van der Waals surface area contributed by atoms with E-state index in [1.807, 2.05) is 24.3 Å². The van der Waals surface area contributed by atoms with Crippen molar-refractivity contribution in [2.45, 2.75) is 94.8 Å². The van der Waals surface area contributed by atoms with Crippen molar-refractivity contribution in [1.29, 1.82) is 0 Å². The first kappa shape index (κ1) is 64.8. The predicted molar refractivity (Wildman–Crippen MR) is 355 cm³/mol. The molecule has 26 heteroatoms. The third-order valence-corrected chi connectivity index (χ3v) is 18.8. The highest BCUT2D eigenvalue weighted by Crippen LogP contribution is 2.44. The van der Waals surface area contributed by atoms with Gasteiger partial charge in [-0.1, -0.05) is 18.2 Å². The lowest BCUT2D eigenvalue weighted by Gasteiger charge is -2.35. The Balaban J connectivity index is 0.000000128. The van der Waals surface area contributed by atoms with Crippen molar-refractivity contribution in [2.75, 3.05) is 126 Å². The first-order chi connectivity index (χ1) is 45.7. The number of nitrogens with zero attached hydrogens (tertiary/aromatic N) is 12. The molecule has 9 aliphatic rings. The van der Waals surface area contributed by atoms with Crippen molar-refractivity contribution in [3.8, 4) is 0 Å². The Kier molecular flexibility index (Phi) is 20.3. The van der Waals surface area contributed by atoms with E-state index in [-0.39, 0.29) is 65.3 Å². The number of carboxylic acids is 1. The second-order valence-corrected chi connectivity index (χ2v) is 25.5. The summed E-state index contributed by atoms with van der Waals surface area (Å²) in [6.45, 7) is 6.74. The number of nitrogens with one attached hydrogen (secondary N) is 3. The average molecular weight is 1280 g/mol. The molecular formula is C68H82N16O10. The van der Waals surface area contributed by atoms with E-state index in [9.17, 15) is 33.9 Å². The number of pyridine rings is 6. The number of anilines is 9. The Morgan fingerprint density at radius 1 is 0.468 bits per heavy atom. The van der Waals surface area contributed by atoms with Crippen LogP contribution in [0.3, 0.4) is 0 Å². The largest absolute Gasteiger partial charge is 0.477 e. The third-order valence-electron chi connectivity index (χ3n) is 18.8. The number of amides is 6. The van der Waals surface area contributed by atoms with Crippen LogP contribution in [-0.2, 0) is 14.2 Å². The summed E-state index contributed by atoms with van der Waals surface area (Å²) in [5.74, 6) is 4.23. The number of hydrogen-bond acceptors (Lipinski definition) is 19. The Morgan fingerprint density at radius 2 is 0.809 bits per heavy atom. The topological polar surface area (TPSA) is 309 Å². The van der Waals surface area contributed by atoms with E-state index in [0.717, 1.165) is 114 Å². The van der Waals surface area contributed by atoms with Crippen molar-refractivity contribution < 1.29 is 48.1 Å². The highest BCUT2D eigenvalue weighted by molar-refractivity contribution is 6.07. The molecule has 6 fully saturated rings. The molecule has 3 saturated heterocycles. The highest BCUT2D eigenvalue weighted by atomic mass is 16.5. The van der Waals surface area contributed by atoms with Crippen LogP contribution in [0.4, 0.5) is 66.4 Å². The van der Waals surface area contributed by atoms with Crippen LogP contribution < -0.4 is 51.1 Å². The number of carbonyl (C=O) groups excluding carboxylic acids is 5. The molecule has 6 aliphatic heterocycles. The standard InChI is InChI=1S/2C23H27N5O3.C16H15N5O3.C6H13NO/c2*1-31-14-16(15-5-6-15)12-20(29)18-7-8-19-22(25-18)28(17-9-11-27(19)13-17)23(30)26-21-4-2-3-10-24-21;22-15(23)11-4-5-12-14(18-11)21(10-6-8-20(12)9-10)16(24)19-13-3-1-2-7-17-13;1-8-4-6(7)5-2-3-5/h2*2-4,7-8,10,15-17H,5-6,9,11-14H2,1H3,(H,24,26,30);1-5,7,10H,6,8-9H2,(H,22,23)(H,17,19,24);5-6H,2-4,7H2,1H3/t2*16?,17-;10-;/m000./s1. The summed E-state index contributed by atoms with van der Waals surface area (Å²) in [5.41, 5.74) is 9.00. The number of methoxy groups -OCH3 is 3. The molecule has 26 nitrogen and oxygen atoms in total. The Bertz CT molecular complexity index is 3520. The molecule has 6 aromatic rings. The van der Waals surface area contributed by atoms with Crippen LogP contribution in [0.25, 0.3) is 0 Å². The molecule has 0 spiro atoms. The van der Waals surface area contributed by atoms with Crippen LogP contribution in [0.2, 0.25) is 0 Å². The van der Waals surface area contributed by atoms with Crippen LogP contribution in [0.15, 0.2) is 110 Å². The number of aromatic nitrogens is 6. The molecule has 6 aromatic heterocycles. The summed E-state index contributed by atoms with van der Waals surface area (Å²) in [6.07, 6.45) is 15.6. The van der Waals surface area contributed by atoms with E-state index >= 15 is 0 Å². The number of fused-ring (bicyclic) bond motifs is 12. The summed E-state index contributed by atoms with van der Waals surface area (Å²) < 4.78 is 15.5. The van der Waals surface area contributed by atoms with Crippen molar-refractivity contribution >= 4 is 87.6 Å². The van der Waals surface area contributed by atoms with Gasteiger partial charge >= 0.3 is 24.1 Å². The van der Waals surface area contributed by atoms with Gasteiger partial charge in [0.15, 0.2) is 34.7 Å². The first-order valence-corrected chi connectivity index (χ1v) is 32.6. The van der Waals surface area contributed by atoms with E-state index in [2.05, 4.69) is 50.6 Å². The number of ether oxygens (including phenoxy) is 3. The predicted octanol–water partition coefficient (Wildman–Crippen LogP) is 8.88. The first-order valence-electron chi connectivity index (χ1n) is 32.6. The van der Waals surface area contributed by atoms with Gasteiger partial charge in [0.05, 0.1) is 41.8 Å². The second kappa shape index (κ2) is 29.4. The number of hydrogen-bond donors (Lipinski definition) is 5. The quantitative estimate of drug-likeness (QED) is 0.0473. The highest BCUT2D eigenvalue weighted by Gasteiger charge is 2.44. The van der Waals surface area contributed by atoms with Gasteiger partial charge in [0.25, 0.3) is 0 Å². The third kappa shape index (κ3) is 15.2. The number of ketones is 2. The van der Waals surface area contributed by atoms with Crippen LogP contribution in [0.1, 0.15) is 102 Å². The Labute approximate surface area is 546 Å². The van der Waals surface area contributed by atoms with Gasteiger partial charge in [0.1, 0.15) is 28.8 Å². The molecule has 6 N–H and O–H groups in total. The SMILES string of the molecule is COCC(CC(=O)c1ccc2c(n1)N(C(=O)Nc1ccccn1)[C@H]1CCN2C1)C1CC1.COCC(CC(=O)c1ccc2c(n1)N(C(=O)Nc1ccccn1)[C@H]1CCN2C1)C1CC1.COCC(N)C1CC1.O=C(O)c1ccc2c(n1)N(C(=O)Nc1ccccn1)[C@H]1CCN2C1. The second-order valence-electron chi connectivity index (χ2n) is 25.5. The number of aromatic carboxylic acids is 1. The zero-order chi connectivity index (χ0) is 65.4. The van der Waals surface area contributed by atoms with Gasteiger partial charge in [-0.15, -0.1) is 0 Å². The molecular weight excluding hydrogens is 1200 g/mol. The maximum Gasteiger partial charge on any atom is 0.354 e. The summed E-state index contributed by atoms with van der Waals surface area (Å²) in [6, 6.07) is 26.1. The normalized spacial score (nSPS) is 20.1. The van der Waals surface area contributed by atoms with Crippen LogP contribution in [0, 0.1) is 29.6 Å². The summed E-state index contributed by atoms with van der Waals surface area (Å²) in [4.78, 5) is 114. The molecule has 6 bridgehead atoms.